The van der Waals surface area contributed by atoms with E-state index in [1.807, 2.05) is 37.3 Å². The number of rotatable bonds is 3. The maximum absolute atomic E-state index is 12.4. The summed E-state index contributed by atoms with van der Waals surface area (Å²) < 4.78 is 5.83. The molecule has 1 aliphatic rings. The molecule has 1 saturated carbocycles. The van der Waals surface area contributed by atoms with Gasteiger partial charge < -0.3 is 15.1 Å². The number of hydrogen-bond acceptors (Lipinski definition) is 3. The lowest BCUT2D eigenvalue weighted by atomic mass is 9.76. The van der Waals surface area contributed by atoms with E-state index in [1.165, 1.54) is 0 Å². The summed E-state index contributed by atoms with van der Waals surface area (Å²) in [7, 11) is 1.80. The Hall–Kier alpha value is -1.81. The predicted octanol–water partition coefficient (Wildman–Crippen LogP) is 2.83. The fourth-order valence-corrected chi connectivity index (χ4v) is 2.70. The third-order valence-corrected chi connectivity index (χ3v) is 4.43. The van der Waals surface area contributed by atoms with Gasteiger partial charge in [-0.1, -0.05) is 18.2 Å². The van der Waals surface area contributed by atoms with Crippen molar-refractivity contribution in [1.82, 2.24) is 4.90 Å². The summed E-state index contributed by atoms with van der Waals surface area (Å²) in [6.07, 6.45) is 2.60. The Morgan fingerprint density at radius 3 is 2.70 bits per heavy atom. The molecule has 0 spiro atoms. The molecule has 20 heavy (non-hydrogen) atoms. The average Bonchev–Trinajstić information content (AvgIpc) is 2.86. The van der Waals surface area contributed by atoms with E-state index in [-0.39, 0.29) is 11.9 Å². The van der Waals surface area contributed by atoms with Crippen molar-refractivity contribution in [2.45, 2.75) is 37.8 Å². The van der Waals surface area contributed by atoms with Crippen molar-refractivity contribution in [1.29, 1.82) is 0 Å². The van der Waals surface area contributed by atoms with E-state index in [0.717, 1.165) is 36.0 Å². The van der Waals surface area contributed by atoms with E-state index < -0.39 is 5.54 Å². The van der Waals surface area contributed by atoms with E-state index in [1.54, 1.807) is 11.9 Å². The topological polar surface area (TPSA) is 59.5 Å². The van der Waals surface area contributed by atoms with E-state index >= 15 is 0 Å². The van der Waals surface area contributed by atoms with E-state index in [9.17, 15) is 4.79 Å². The van der Waals surface area contributed by atoms with Gasteiger partial charge >= 0.3 is 0 Å². The third kappa shape index (κ3) is 2.00. The van der Waals surface area contributed by atoms with Gasteiger partial charge in [-0.2, -0.15) is 0 Å². The molecule has 0 saturated heterocycles. The number of fused-ring (bicyclic) bond motifs is 1. The summed E-state index contributed by atoms with van der Waals surface area (Å²) in [5.74, 6) is 0.807. The zero-order chi connectivity index (χ0) is 14.3. The van der Waals surface area contributed by atoms with Crippen molar-refractivity contribution < 1.29 is 9.21 Å². The molecular formula is C16H20N2O2. The van der Waals surface area contributed by atoms with Gasteiger partial charge in [0, 0.05) is 12.4 Å². The molecule has 1 heterocycles. The van der Waals surface area contributed by atoms with Crippen LogP contribution in [0.5, 0.6) is 0 Å². The Kier molecular flexibility index (Phi) is 3.05. The molecule has 0 bridgehead atoms. The number of likely N-dealkylation sites (N-methyl/N-ethyl adjacent to an activating group) is 1. The molecule has 4 nitrogen and oxygen atoms in total. The third-order valence-electron chi connectivity index (χ3n) is 4.43. The van der Waals surface area contributed by atoms with Crippen LogP contribution in [0.15, 0.2) is 34.7 Å². The molecular weight excluding hydrogens is 252 g/mol. The molecule has 0 aliphatic heterocycles. The summed E-state index contributed by atoms with van der Waals surface area (Å²) >= 11 is 0. The van der Waals surface area contributed by atoms with Crippen molar-refractivity contribution in [2.75, 3.05) is 7.05 Å². The minimum absolute atomic E-state index is 0.0108. The molecule has 2 aromatic rings. The number of para-hydroxylation sites is 1. The van der Waals surface area contributed by atoms with Crippen LogP contribution >= 0.6 is 0 Å². The smallest absolute Gasteiger partial charge is 0.243 e. The van der Waals surface area contributed by atoms with Crippen LogP contribution in [-0.2, 0) is 4.79 Å². The molecule has 4 heteroatoms. The summed E-state index contributed by atoms with van der Waals surface area (Å²) in [4.78, 5) is 14.1. The largest absolute Gasteiger partial charge is 0.459 e. The molecule has 0 radical (unpaired) electrons. The molecule has 1 atom stereocenters. The number of hydrogen-bond donors (Lipinski definition) is 1. The molecule has 1 aromatic carbocycles. The van der Waals surface area contributed by atoms with Gasteiger partial charge in [-0.25, -0.2) is 0 Å². The highest BCUT2D eigenvalue weighted by atomic mass is 16.3. The second kappa shape index (κ2) is 4.63. The van der Waals surface area contributed by atoms with Crippen LogP contribution in [0, 0.1) is 0 Å². The molecule has 106 valence electrons. The fourth-order valence-electron chi connectivity index (χ4n) is 2.70. The van der Waals surface area contributed by atoms with Crippen molar-refractivity contribution in [2.24, 2.45) is 5.73 Å². The standard InChI is InChI=1S/C16H20N2O2/c1-11(18(2)15(19)16(17)8-5-9-16)14-10-12-6-3-4-7-13(12)20-14/h3-4,6-7,10-11H,5,8-9,17H2,1-2H3. The van der Waals surface area contributed by atoms with E-state index in [0.29, 0.717) is 0 Å². The van der Waals surface area contributed by atoms with Crippen LogP contribution in [0.25, 0.3) is 11.0 Å². The van der Waals surface area contributed by atoms with Crippen LogP contribution in [-0.4, -0.2) is 23.4 Å². The number of nitrogens with zero attached hydrogens (tertiary/aromatic N) is 1. The first-order valence-electron chi connectivity index (χ1n) is 7.06. The lowest BCUT2D eigenvalue weighted by Crippen LogP contribution is -2.59. The van der Waals surface area contributed by atoms with E-state index in [4.69, 9.17) is 10.2 Å². The first kappa shape index (κ1) is 13.2. The molecule has 1 aliphatic carbocycles. The number of amides is 1. The van der Waals surface area contributed by atoms with Crippen LogP contribution in [0.2, 0.25) is 0 Å². The molecule has 3 rings (SSSR count). The van der Waals surface area contributed by atoms with Crippen molar-refractivity contribution in [3.8, 4) is 0 Å². The van der Waals surface area contributed by atoms with Gasteiger partial charge in [-0.05, 0) is 38.3 Å². The van der Waals surface area contributed by atoms with Crippen molar-refractivity contribution in [3.63, 3.8) is 0 Å². The SMILES string of the molecule is CC(c1cc2ccccc2o1)N(C)C(=O)C1(N)CCC1. The summed E-state index contributed by atoms with van der Waals surface area (Å²) in [6.45, 7) is 1.97. The number of carbonyl (C=O) groups is 1. The van der Waals surface area contributed by atoms with Gasteiger partial charge in [0.25, 0.3) is 0 Å². The fraction of sp³-hybridized carbons (Fsp3) is 0.438. The summed E-state index contributed by atoms with van der Waals surface area (Å²) in [5.41, 5.74) is 6.31. The lowest BCUT2D eigenvalue weighted by Gasteiger charge is -2.40. The van der Waals surface area contributed by atoms with Crippen LogP contribution in [0.3, 0.4) is 0 Å². The second-order valence-corrected chi connectivity index (χ2v) is 5.79. The second-order valence-electron chi connectivity index (χ2n) is 5.79. The van der Waals surface area contributed by atoms with Crippen molar-refractivity contribution in [3.05, 3.63) is 36.1 Å². The molecule has 1 fully saturated rings. The number of benzene rings is 1. The van der Waals surface area contributed by atoms with Gasteiger partial charge in [-0.3, -0.25) is 4.79 Å². The van der Waals surface area contributed by atoms with Crippen LogP contribution in [0.4, 0.5) is 0 Å². The minimum atomic E-state index is -0.658. The molecule has 2 N–H and O–H groups in total. The maximum Gasteiger partial charge on any atom is 0.243 e. The van der Waals surface area contributed by atoms with Gasteiger partial charge in [0.05, 0.1) is 11.6 Å². The summed E-state index contributed by atoms with van der Waals surface area (Å²) in [5, 5.41) is 1.06. The Morgan fingerprint density at radius 2 is 2.10 bits per heavy atom. The van der Waals surface area contributed by atoms with Crippen LogP contribution in [0.1, 0.15) is 38.0 Å². The quantitative estimate of drug-likeness (QED) is 0.934. The molecule has 1 unspecified atom stereocenters. The van der Waals surface area contributed by atoms with Gasteiger partial charge in [0.2, 0.25) is 5.91 Å². The Morgan fingerprint density at radius 1 is 1.40 bits per heavy atom. The highest BCUT2D eigenvalue weighted by molar-refractivity contribution is 5.87. The zero-order valence-electron chi connectivity index (χ0n) is 11.9. The van der Waals surface area contributed by atoms with Gasteiger partial charge in [-0.15, -0.1) is 0 Å². The Labute approximate surface area is 118 Å². The molecule has 1 amide bonds. The van der Waals surface area contributed by atoms with Gasteiger partial charge in [0.15, 0.2) is 0 Å². The first-order chi connectivity index (χ1) is 9.51. The Balaban J connectivity index is 1.84. The monoisotopic (exact) mass is 272 g/mol. The highest BCUT2D eigenvalue weighted by Crippen LogP contribution is 2.34. The number of furan rings is 1. The average molecular weight is 272 g/mol. The van der Waals surface area contributed by atoms with Crippen molar-refractivity contribution >= 4 is 16.9 Å². The van der Waals surface area contributed by atoms with E-state index in [2.05, 4.69) is 0 Å². The Bertz CT molecular complexity index is 610. The first-order valence-corrected chi connectivity index (χ1v) is 7.06. The highest BCUT2D eigenvalue weighted by Gasteiger charge is 2.43. The minimum Gasteiger partial charge on any atom is -0.459 e. The number of nitrogens with two attached hydrogens (primary N) is 1. The summed E-state index contributed by atoms with van der Waals surface area (Å²) in [6, 6.07) is 9.74. The lowest BCUT2D eigenvalue weighted by molar-refractivity contribution is -0.141. The predicted molar refractivity (Wildman–Crippen MR) is 78.2 cm³/mol. The molecule has 1 aromatic heterocycles. The van der Waals surface area contributed by atoms with Gasteiger partial charge in [0.1, 0.15) is 11.3 Å². The zero-order valence-corrected chi connectivity index (χ0v) is 11.9. The van der Waals surface area contributed by atoms with Crippen LogP contribution < -0.4 is 5.73 Å². The maximum atomic E-state index is 12.4. The number of carbonyl (C=O) groups excluding carboxylic acids is 1. The normalized spacial score (nSPS) is 18.6.